The molecule has 10 heteroatoms. The predicted octanol–water partition coefficient (Wildman–Crippen LogP) is 0.942. The summed E-state index contributed by atoms with van der Waals surface area (Å²) in [5.74, 6) is 0. The third-order valence-electron chi connectivity index (χ3n) is 3.75. The molecule has 1 heterocycles. The fourth-order valence-corrected chi connectivity index (χ4v) is 3.75. The molecule has 2 N–H and O–H groups in total. The van der Waals surface area contributed by atoms with E-state index in [9.17, 15) is 21.6 Å². The number of ether oxygens (including phenoxy) is 1. The normalized spacial score (nSPS) is 17.2. The molecule has 1 aliphatic rings. The Morgan fingerprint density at radius 1 is 1.25 bits per heavy atom. The number of morpholine rings is 1. The topological polar surface area (TPSA) is 59.8 Å². The molecule has 0 bridgehead atoms. The van der Waals surface area contributed by atoms with Crippen LogP contribution in [0.5, 0.6) is 0 Å². The molecule has 0 radical (unpaired) electrons. The molecule has 1 saturated heterocycles. The summed E-state index contributed by atoms with van der Waals surface area (Å²) < 4.78 is 70.3. The SMILES string of the molecule is O=S(=O)(NCCC[NH+]1CCOCC1)c1ccc(Cl)c(C(F)(F)F)c1. The number of alkyl halides is 3. The molecule has 1 fully saturated rings. The maximum atomic E-state index is 12.8. The molecule has 0 aromatic heterocycles. The molecule has 5 nitrogen and oxygen atoms in total. The van der Waals surface area contributed by atoms with Crippen LogP contribution < -0.4 is 9.62 Å². The van der Waals surface area contributed by atoms with E-state index in [1.807, 2.05) is 0 Å². The lowest BCUT2D eigenvalue weighted by molar-refractivity contribution is -0.908. The smallest absolute Gasteiger partial charge is 0.370 e. The van der Waals surface area contributed by atoms with Gasteiger partial charge in [0.2, 0.25) is 10.0 Å². The van der Waals surface area contributed by atoms with Crippen LogP contribution in [0, 0.1) is 0 Å². The summed E-state index contributed by atoms with van der Waals surface area (Å²) in [7, 11) is -4.01. The molecule has 0 aliphatic carbocycles. The molecule has 0 unspecified atom stereocenters. The first-order chi connectivity index (χ1) is 11.2. The van der Waals surface area contributed by atoms with Crippen LogP contribution >= 0.6 is 11.6 Å². The van der Waals surface area contributed by atoms with Crippen LogP contribution in [-0.4, -0.2) is 47.8 Å². The van der Waals surface area contributed by atoms with E-state index < -0.39 is 31.7 Å². The van der Waals surface area contributed by atoms with Gasteiger partial charge in [-0.2, -0.15) is 13.2 Å². The third-order valence-corrected chi connectivity index (χ3v) is 5.54. The first-order valence-electron chi connectivity index (χ1n) is 7.48. The molecule has 0 amide bonds. The van der Waals surface area contributed by atoms with Crippen molar-refractivity contribution in [2.24, 2.45) is 0 Å². The average molecular weight is 388 g/mol. The van der Waals surface area contributed by atoms with Crippen molar-refractivity contribution < 1.29 is 31.2 Å². The zero-order valence-corrected chi connectivity index (χ0v) is 14.4. The molecule has 1 aromatic rings. The number of hydrogen-bond acceptors (Lipinski definition) is 3. The standard InChI is InChI=1S/C14H18ClF3N2O3S/c15-13-3-2-11(10-12(13)14(16,17)18)24(21,22)19-4-1-5-20-6-8-23-9-7-20/h2-3,10,19H,1,4-9H2/p+1. The van der Waals surface area contributed by atoms with Crippen LogP contribution in [0.1, 0.15) is 12.0 Å². The molecule has 136 valence electrons. The molecule has 1 aliphatic heterocycles. The molecule has 24 heavy (non-hydrogen) atoms. The average Bonchev–Trinajstić information content (AvgIpc) is 2.52. The minimum atomic E-state index is -4.71. The van der Waals surface area contributed by atoms with Crippen molar-refractivity contribution in [2.75, 3.05) is 39.4 Å². The summed E-state index contributed by atoms with van der Waals surface area (Å²) in [6.07, 6.45) is -4.11. The summed E-state index contributed by atoms with van der Waals surface area (Å²) in [4.78, 5) is 0.879. The van der Waals surface area contributed by atoms with Gasteiger partial charge in [0.1, 0.15) is 13.1 Å². The third kappa shape index (κ3) is 5.32. The Bertz CT molecular complexity index is 662. The number of sulfonamides is 1. The predicted molar refractivity (Wildman–Crippen MR) is 82.6 cm³/mol. The van der Waals surface area contributed by atoms with Gasteiger partial charge < -0.3 is 9.64 Å². The van der Waals surface area contributed by atoms with E-state index >= 15 is 0 Å². The number of halogens is 4. The van der Waals surface area contributed by atoms with Gasteiger partial charge in [0, 0.05) is 13.0 Å². The van der Waals surface area contributed by atoms with Crippen molar-refractivity contribution in [3.8, 4) is 0 Å². The first-order valence-corrected chi connectivity index (χ1v) is 9.34. The second-order valence-corrected chi connectivity index (χ2v) is 7.68. The second kappa shape index (κ2) is 8.01. The lowest BCUT2D eigenvalue weighted by Gasteiger charge is -2.23. The van der Waals surface area contributed by atoms with E-state index in [1.165, 1.54) is 4.90 Å². The number of nitrogens with one attached hydrogen (secondary N) is 2. The van der Waals surface area contributed by atoms with Gasteiger partial charge in [-0.3, -0.25) is 0 Å². The highest BCUT2D eigenvalue weighted by molar-refractivity contribution is 7.89. The van der Waals surface area contributed by atoms with Crippen LogP contribution in [0.2, 0.25) is 5.02 Å². The van der Waals surface area contributed by atoms with Gasteiger partial charge in [0.25, 0.3) is 0 Å². The minimum absolute atomic E-state index is 0.163. The van der Waals surface area contributed by atoms with E-state index in [-0.39, 0.29) is 6.54 Å². The Morgan fingerprint density at radius 3 is 2.54 bits per heavy atom. The van der Waals surface area contributed by atoms with Crippen molar-refractivity contribution in [1.82, 2.24) is 4.72 Å². The van der Waals surface area contributed by atoms with Crippen molar-refractivity contribution in [3.63, 3.8) is 0 Å². The monoisotopic (exact) mass is 387 g/mol. The lowest BCUT2D eigenvalue weighted by Crippen LogP contribution is -3.14. The molecule has 0 atom stereocenters. The van der Waals surface area contributed by atoms with Crippen LogP contribution in [0.25, 0.3) is 0 Å². The van der Waals surface area contributed by atoms with E-state index in [1.54, 1.807) is 0 Å². The second-order valence-electron chi connectivity index (χ2n) is 5.50. The summed E-state index contributed by atoms with van der Waals surface area (Å²) >= 11 is 5.50. The summed E-state index contributed by atoms with van der Waals surface area (Å²) in [5.41, 5.74) is -1.16. The van der Waals surface area contributed by atoms with Gasteiger partial charge in [0.15, 0.2) is 0 Å². The highest BCUT2D eigenvalue weighted by atomic mass is 35.5. The van der Waals surface area contributed by atoms with E-state index in [0.717, 1.165) is 31.8 Å². The number of rotatable bonds is 6. The molecular weight excluding hydrogens is 369 g/mol. The van der Waals surface area contributed by atoms with Crippen molar-refractivity contribution in [1.29, 1.82) is 0 Å². The molecule has 1 aromatic carbocycles. The largest absolute Gasteiger partial charge is 0.417 e. The van der Waals surface area contributed by atoms with Gasteiger partial charge in [-0.1, -0.05) is 11.6 Å². The van der Waals surface area contributed by atoms with Gasteiger partial charge in [-0.05, 0) is 18.2 Å². The number of benzene rings is 1. The van der Waals surface area contributed by atoms with Crippen molar-refractivity contribution >= 4 is 21.6 Å². The van der Waals surface area contributed by atoms with Gasteiger partial charge >= 0.3 is 6.18 Å². The van der Waals surface area contributed by atoms with Crippen LogP contribution in [0.15, 0.2) is 23.1 Å². The van der Waals surface area contributed by atoms with Crippen molar-refractivity contribution in [2.45, 2.75) is 17.5 Å². The number of quaternary nitrogens is 1. The van der Waals surface area contributed by atoms with E-state index in [0.29, 0.717) is 25.7 Å². The summed E-state index contributed by atoms with van der Waals surface area (Å²) in [6.45, 7) is 4.06. The molecular formula is C14H19ClF3N2O3S+. The first kappa shape index (κ1) is 19.5. The summed E-state index contributed by atoms with van der Waals surface area (Å²) in [6, 6.07) is 2.56. The number of hydrogen-bond donors (Lipinski definition) is 2. The van der Waals surface area contributed by atoms with Gasteiger partial charge in [-0.15, -0.1) is 0 Å². The Kier molecular flexibility index (Phi) is 6.49. The Morgan fingerprint density at radius 2 is 1.92 bits per heavy atom. The highest BCUT2D eigenvalue weighted by Crippen LogP contribution is 2.35. The molecule has 0 saturated carbocycles. The maximum Gasteiger partial charge on any atom is 0.417 e. The van der Waals surface area contributed by atoms with Gasteiger partial charge in [0.05, 0.1) is 35.2 Å². The molecule has 2 rings (SSSR count). The Hall–Kier alpha value is -0.870. The minimum Gasteiger partial charge on any atom is -0.370 e. The fourth-order valence-electron chi connectivity index (χ4n) is 2.43. The van der Waals surface area contributed by atoms with Crippen molar-refractivity contribution in [3.05, 3.63) is 28.8 Å². The Labute approximate surface area is 143 Å². The lowest BCUT2D eigenvalue weighted by atomic mass is 10.2. The molecule has 0 spiro atoms. The summed E-state index contributed by atoms with van der Waals surface area (Å²) in [5, 5.41) is -0.530. The highest BCUT2D eigenvalue weighted by Gasteiger charge is 2.34. The fraction of sp³-hybridized carbons (Fsp3) is 0.571. The van der Waals surface area contributed by atoms with E-state index in [2.05, 4.69) is 4.72 Å². The van der Waals surface area contributed by atoms with Crippen LogP contribution in [0.4, 0.5) is 13.2 Å². The Balaban J connectivity index is 1.95. The zero-order valence-electron chi connectivity index (χ0n) is 12.8. The zero-order chi connectivity index (χ0) is 17.8. The maximum absolute atomic E-state index is 12.8. The van der Waals surface area contributed by atoms with Crippen LogP contribution in [-0.2, 0) is 20.9 Å². The van der Waals surface area contributed by atoms with Gasteiger partial charge in [-0.25, -0.2) is 13.1 Å². The van der Waals surface area contributed by atoms with E-state index in [4.69, 9.17) is 16.3 Å². The quantitative estimate of drug-likeness (QED) is 0.714. The van der Waals surface area contributed by atoms with Crippen LogP contribution in [0.3, 0.4) is 0 Å².